The molecule has 0 atom stereocenters. The summed E-state index contributed by atoms with van der Waals surface area (Å²) < 4.78 is 1.81. The molecule has 2 N–H and O–H groups in total. The van der Waals surface area contributed by atoms with E-state index in [0.717, 1.165) is 27.9 Å². The maximum Gasteiger partial charge on any atom is 0.0694 e. The molecule has 2 aromatic rings. The van der Waals surface area contributed by atoms with Crippen LogP contribution >= 0.6 is 11.6 Å². The van der Waals surface area contributed by atoms with Gasteiger partial charge in [0.1, 0.15) is 0 Å². The molecule has 74 valence electrons. The van der Waals surface area contributed by atoms with Gasteiger partial charge in [-0.05, 0) is 24.6 Å². The van der Waals surface area contributed by atoms with Gasteiger partial charge in [-0.1, -0.05) is 17.7 Å². The lowest BCUT2D eigenvalue weighted by molar-refractivity contribution is 0.797. The molecule has 3 nitrogen and oxygen atoms in total. The number of nitrogens with zero attached hydrogens (tertiary/aromatic N) is 2. The molecule has 0 unspecified atom stereocenters. The Bertz CT molecular complexity index is 462. The molecule has 0 spiro atoms. The molecule has 2 rings (SSSR count). The highest BCUT2D eigenvalue weighted by Crippen LogP contribution is 2.26. The van der Waals surface area contributed by atoms with Crippen LogP contribution in [0.2, 0.25) is 5.02 Å². The van der Waals surface area contributed by atoms with Crippen molar-refractivity contribution in [3.63, 3.8) is 0 Å². The van der Waals surface area contributed by atoms with Gasteiger partial charge in [-0.15, -0.1) is 0 Å². The van der Waals surface area contributed by atoms with Crippen molar-refractivity contribution < 1.29 is 0 Å². The Morgan fingerprint density at radius 2 is 2.29 bits per heavy atom. The lowest BCUT2D eigenvalue weighted by atomic mass is 10.1. The number of hydrogen-bond acceptors (Lipinski definition) is 2. The summed E-state index contributed by atoms with van der Waals surface area (Å²) in [5, 5.41) is 5.94. The van der Waals surface area contributed by atoms with Crippen molar-refractivity contribution in [2.24, 2.45) is 12.8 Å². The van der Waals surface area contributed by atoms with Gasteiger partial charge in [0.05, 0.1) is 16.7 Å². The molecule has 14 heavy (non-hydrogen) atoms. The zero-order valence-electron chi connectivity index (χ0n) is 8.00. The average Bonchev–Trinajstić information content (AvgIpc) is 2.54. The normalized spacial score (nSPS) is 11.1. The second kappa shape index (κ2) is 3.59. The Labute approximate surface area is 87.5 Å². The predicted octanol–water partition coefficient (Wildman–Crippen LogP) is 1.73. The molecule has 0 aliphatic rings. The van der Waals surface area contributed by atoms with Crippen molar-refractivity contribution in [2.75, 3.05) is 6.54 Å². The first-order valence-corrected chi connectivity index (χ1v) is 4.91. The van der Waals surface area contributed by atoms with Crippen molar-refractivity contribution >= 4 is 22.5 Å². The Kier molecular flexibility index (Phi) is 2.44. The van der Waals surface area contributed by atoms with Gasteiger partial charge in [-0.2, -0.15) is 5.10 Å². The van der Waals surface area contributed by atoms with E-state index >= 15 is 0 Å². The number of hydrogen-bond donors (Lipinski definition) is 1. The van der Waals surface area contributed by atoms with Gasteiger partial charge in [0.15, 0.2) is 0 Å². The third-order valence-electron chi connectivity index (χ3n) is 2.36. The van der Waals surface area contributed by atoms with E-state index in [1.807, 2.05) is 23.9 Å². The summed E-state index contributed by atoms with van der Waals surface area (Å²) in [6.45, 7) is 0.617. The molecular weight excluding hydrogens is 198 g/mol. The minimum atomic E-state index is 0.617. The molecular formula is C10H12ClN3. The predicted molar refractivity (Wildman–Crippen MR) is 58.5 cm³/mol. The summed E-state index contributed by atoms with van der Waals surface area (Å²) in [7, 11) is 1.90. The van der Waals surface area contributed by atoms with Gasteiger partial charge in [-0.25, -0.2) is 0 Å². The van der Waals surface area contributed by atoms with Crippen molar-refractivity contribution in [2.45, 2.75) is 6.42 Å². The molecule has 0 radical (unpaired) electrons. The van der Waals surface area contributed by atoms with Crippen LogP contribution in [0.1, 0.15) is 5.56 Å². The highest BCUT2D eigenvalue weighted by molar-refractivity contribution is 6.36. The molecule has 4 heteroatoms. The number of halogens is 1. The van der Waals surface area contributed by atoms with Gasteiger partial charge in [0.25, 0.3) is 0 Å². The maximum absolute atomic E-state index is 6.22. The quantitative estimate of drug-likeness (QED) is 0.819. The van der Waals surface area contributed by atoms with E-state index in [1.165, 1.54) is 0 Å². The minimum absolute atomic E-state index is 0.617. The van der Waals surface area contributed by atoms with E-state index in [1.54, 1.807) is 6.20 Å². The second-order valence-electron chi connectivity index (χ2n) is 3.28. The van der Waals surface area contributed by atoms with Crippen molar-refractivity contribution in [1.29, 1.82) is 0 Å². The van der Waals surface area contributed by atoms with Crippen LogP contribution in [0, 0.1) is 0 Å². The van der Waals surface area contributed by atoms with Gasteiger partial charge in [0.2, 0.25) is 0 Å². The lowest BCUT2D eigenvalue weighted by Gasteiger charge is -2.03. The minimum Gasteiger partial charge on any atom is -0.330 e. The zero-order chi connectivity index (χ0) is 10.1. The first kappa shape index (κ1) is 9.49. The number of fused-ring (bicyclic) bond motifs is 1. The zero-order valence-corrected chi connectivity index (χ0v) is 8.75. The van der Waals surface area contributed by atoms with Gasteiger partial charge < -0.3 is 5.73 Å². The molecule has 1 aromatic carbocycles. The smallest absolute Gasteiger partial charge is 0.0694 e. The van der Waals surface area contributed by atoms with E-state index < -0.39 is 0 Å². The van der Waals surface area contributed by atoms with Crippen LogP contribution in [0.3, 0.4) is 0 Å². The molecule has 1 aromatic heterocycles. The topological polar surface area (TPSA) is 43.8 Å². The number of benzene rings is 1. The first-order chi connectivity index (χ1) is 6.74. The first-order valence-electron chi connectivity index (χ1n) is 4.53. The number of nitrogens with two attached hydrogens (primary N) is 1. The average molecular weight is 210 g/mol. The third-order valence-corrected chi connectivity index (χ3v) is 2.81. The largest absolute Gasteiger partial charge is 0.330 e. The van der Waals surface area contributed by atoms with Gasteiger partial charge in [0, 0.05) is 12.4 Å². The van der Waals surface area contributed by atoms with Crippen molar-refractivity contribution in [3.05, 3.63) is 28.9 Å². The van der Waals surface area contributed by atoms with Crippen molar-refractivity contribution in [1.82, 2.24) is 9.78 Å². The molecule has 0 amide bonds. The van der Waals surface area contributed by atoms with Crippen LogP contribution < -0.4 is 5.73 Å². The van der Waals surface area contributed by atoms with E-state index in [0.29, 0.717) is 6.54 Å². The van der Waals surface area contributed by atoms with Crippen LogP contribution in [0.15, 0.2) is 18.3 Å². The van der Waals surface area contributed by atoms with Gasteiger partial charge >= 0.3 is 0 Å². The van der Waals surface area contributed by atoms with Crippen LogP contribution in [0.4, 0.5) is 0 Å². The van der Waals surface area contributed by atoms with Crippen LogP contribution in [0.5, 0.6) is 0 Å². The molecule has 0 bridgehead atoms. The van der Waals surface area contributed by atoms with Gasteiger partial charge in [-0.3, -0.25) is 4.68 Å². The summed E-state index contributed by atoms with van der Waals surface area (Å²) in [6.07, 6.45) is 2.60. The molecule has 0 saturated heterocycles. The summed E-state index contributed by atoms with van der Waals surface area (Å²) in [4.78, 5) is 0. The van der Waals surface area contributed by atoms with E-state index in [9.17, 15) is 0 Å². The monoisotopic (exact) mass is 209 g/mol. The fourth-order valence-electron chi connectivity index (χ4n) is 1.59. The number of rotatable bonds is 2. The van der Waals surface area contributed by atoms with E-state index in [-0.39, 0.29) is 0 Å². The third kappa shape index (κ3) is 1.38. The Morgan fingerprint density at radius 1 is 1.50 bits per heavy atom. The summed E-state index contributed by atoms with van der Waals surface area (Å²) >= 11 is 6.22. The molecule has 1 heterocycles. The summed E-state index contributed by atoms with van der Waals surface area (Å²) in [5.41, 5.74) is 7.64. The summed E-state index contributed by atoms with van der Waals surface area (Å²) in [6, 6.07) is 4.04. The standard InChI is InChI=1S/C10H12ClN3/c1-14-9-3-2-7(4-5-12)10(11)8(9)6-13-14/h2-3,6H,4-5,12H2,1H3. The lowest BCUT2D eigenvalue weighted by Crippen LogP contribution is -2.03. The van der Waals surface area contributed by atoms with Crippen LogP contribution in [0.25, 0.3) is 10.9 Å². The fourth-order valence-corrected chi connectivity index (χ4v) is 1.89. The highest BCUT2D eigenvalue weighted by atomic mass is 35.5. The molecule has 0 aliphatic carbocycles. The van der Waals surface area contributed by atoms with E-state index in [4.69, 9.17) is 17.3 Å². The van der Waals surface area contributed by atoms with Crippen LogP contribution in [-0.4, -0.2) is 16.3 Å². The Morgan fingerprint density at radius 3 is 3.00 bits per heavy atom. The maximum atomic E-state index is 6.22. The number of aryl methyl sites for hydroxylation is 1. The van der Waals surface area contributed by atoms with Crippen molar-refractivity contribution in [3.8, 4) is 0 Å². The summed E-state index contributed by atoms with van der Waals surface area (Å²) in [5.74, 6) is 0. The highest BCUT2D eigenvalue weighted by Gasteiger charge is 2.07. The Hall–Kier alpha value is -1.06. The fraction of sp³-hybridized carbons (Fsp3) is 0.300. The number of aromatic nitrogens is 2. The second-order valence-corrected chi connectivity index (χ2v) is 3.66. The molecule has 0 aliphatic heterocycles. The SMILES string of the molecule is Cn1ncc2c(Cl)c(CCN)ccc21. The molecule has 0 fully saturated rings. The van der Waals surface area contributed by atoms with Crippen LogP contribution in [-0.2, 0) is 13.5 Å². The molecule has 0 saturated carbocycles. The Balaban J connectivity index is 2.63. The van der Waals surface area contributed by atoms with E-state index in [2.05, 4.69) is 5.10 Å².